The molecule has 0 aromatic heterocycles. The highest BCUT2D eigenvalue weighted by Gasteiger charge is 2.32. The predicted molar refractivity (Wildman–Crippen MR) is 55.1 cm³/mol. The molecule has 0 saturated heterocycles. The van der Waals surface area contributed by atoms with Gasteiger partial charge in [-0.1, -0.05) is 35.0 Å². The molecule has 5 heteroatoms. The number of ether oxygens (including phenoxy) is 1. The molecule has 15 heavy (non-hydrogen) atoms. The van der Waals surface area contributed by atoms with E-state index in [1.165, 1.54) is 6.07 Å². The lowest BCUT2D eigenvalue weighted by Crippen LogP contribution is -2.18. The summed E-state index contributed by atoms with van der Waals surface area (Å²) in [5.74, 6) is -0.109. The highest BCUT2D eigenvalue weighted by molar-refractivity contribution is 9.08. The summed E-state index contributed by atoms with van der Waals surface area (Å²) in [7, 11) is 0. The molecular weight excluding hydrogens is 273 g/mol. The van der Waals surface area contributed by atoms with E-state index >= 15 is 0 Å². The second-order valence-electron chi connectivity index (χ2n) is 2.93. The third kappa shape index (κ3) is 3.41. The molecule has 84 valence electrons. The maximum Gasteiger partial charge on any atom is 0.573 e. The molecule has 0 N–H and O–H groups in total. The average Bonchev–Trinajstić information content (AvgIpc) is 2.15. The minimum atomic E-state index is -4.63. The Kier molecular flexibility index (Phi) is 4.02. The third-order valence-electron chi connectivity index (χ3n) is 1.95. The van der Waals surface area contributed by atoms with Crippen molar-refractivity contribution < 1.29 is 17.9 Å². The average molecular weight is 283 g/mol. The van der Waals surface area contributed by atoms with Gasteiger partial charge in [0.2, 0.25) is 0 Å². The molecule has 0 saturated carbocycles. The van der Waals surface area contributed by atoms with Crippen molar-refractivity contribution in [1.82, 2.24) is 0 Å². The van der Waals surface area contributed by atoms with Gasteiger partial charge in [0.05, 0.1) is 0 Å². The summed E-state index contributed by atoms with van der Waals surface area (Å²) in [6.45, 7) is 1.80. The Labute approximate surface area is 94.4 Å². The smallest absolute Gasteiger partial charge is 0.405 e. The van der Waals surface area contributed by atoms with E-state index in [1.54, 1.807) is 19.1 Å². The molecule has 0 amide bonds. The van der Waals surface area contributed by atoms with Crippen LogP contribution < -0.4 is 4.74 Å². The van der Waals surface area contributed by atoms with Crippen molar-refractivity contribution in [2.75, 3.05) is 0 Å². The highest BCUT2D eigenvalue weighted by Crippen LogP contribution is 2.29. The van der Waals surface area contributed by atoms with Gasteiger partial charge in [0.15, 0.2) is 0 Å². The Balaban J connectivity index is 3.06. The first-order valence-corrected chi connectivity index (χ1v) is 5.52. The number of benzene rings is 1. The van der Waals surface area contributed by atoms with Gasteiger partial charge in [-0.3, -0.25) is 0 Å². The summed E-state index contributed by atoms with van der Waals surface area (Å²) in [4.78, 5) is 0. The maximum atomic E-state index is 12.1. The summed E-state index contributed by atoms with van der Waals surface area (Å²) in [5, 5.41) is 0.519. The summed E-state index contributed by atoms with van der Waals surface area (Å²) < 4.78 is 40.1. The van der Waals surface area contributed by atoms with E-state index in [9.17, 15) is 13.2 Å². The Bertz CT molecular complexity index is 336. The molecule has 0 aliphatic rings. The molecule has 1 rings (SSSR count). The van der Waals surface area contributed by atoms with Crippen LogP contribution in [0.25, 0.3) is 0 Å². The van der Waals surface area contributed by atoms with Gasteiger partial charge < -0.3 is 4.74 Å². The van der Waals surface area contributed by atoms with Gasteiger partial charge in [-0.2, -0.15) is 0 Å². The lowest BCUT2D eigenvalue weighted by Gasteiger charge is -2.14. The van der Waals surface area contributed by atoms with Gasteiger partial charge in [0, 0.05) is 5.33 Å². The predicted octanol–water partition coefficient (Wildman–Crippen LogP) is 4.04. The summed E-state index contributed by atoms with van der Waals surface area (Å²) in [5.41, 5.74) is 1.41. The van der Waals surface area contributed by atoms with E-state index in [2.05, 4.69) is 20.7 Å². The van der Waals surface area contributed by atoms with Crippen molar-refractivity contribution in [1.29, 1.82) is 0 Å². The number of hydrogen-bond donors (Lipinski definition) is 0. The molecule has 0 atom stereocenters. The highest BCUT2D eigenvalue weighted by atomic mass is 79.9. The second-order valence-corrected chi connectivity index (χ2v) is 3.49. The Morgan fingerprint density at radius 3 is 2.47 bits per heavy atom. The zero-order valence-corrected chi connectivity index (χ0v) is 9.65. The van der Waals surface area contributed by atoms with Gasteiger partial charge >= 0.3 is 6.36 Å². The lowest BCUT2D eigenvalue weighted by atomic mass is 10.1. The molecule has 1 aromatic rings. The van der Waals surface area contributed by atoms with Crippen molar-refractivity contribution in [3.8, 4) is 5.75 Å². The normalized spacial score (nSPS) is 11.5. The standard InChI is InChI=1S/C10H10BrF3O/c1-2-8-7(6-11)4-3-5-9(8)15-10(12,13)14/h3-5H,2,6H2,1H3. The quantitative estimate of drug-likeness (QED) is 0.761. The first kappa shape index (κ1) is 12.4. The molecule has 0 heterocycles. The van der Waals surface area contributed by atoms with Crippen LogP contribution in [0.2, 0.25) is 0 Å². The van der Waals surface area contributed by atoms with Gasteiger partial charge in [0.1, 0.15) is 5.75 Å². The monoisotopic (exact) mass is 282 g/mol. The summed E-state index contributed by atoms with van der Waals surface area (Å²) in [6, 6.07) is 4.66. The molecule has 0 spiro atoms. The van der Waals surface area contributed by atoms with Crippen LogP contribution in [0.5, 0.6) is 5.75 Å². The van der Waals surface area contributed by atoms with Crippen LogP contribution in [0, 0.1) is 0 Å². The van der Waals surface area contributed by atoms with Crippen molar-refractivity contribution in [3.63, 3.8) is 0 Å². The van der Waals surface area contributed by atoms with E-state index in [0.29, 0.717) is 17.3 Å². The van der Waals surface area contributed by atoms with Crippen LogP contribution in [0.1, 0.15) is 18.1 Å². The molecule has 0 aliphatic heterocycles. The zero-order valence-electron chi connectivity index (χ0n) is 8.07. The second kappa shape index (κ2) is 4.88. The molecule has 0 bridgehead atoms. The zero-order chi connectivity index (χ0) is 11.5. The first-order valence-electron chi connectivity index (χ1n) is 4.40. The Morgan fingerprint density at radius 1 is 1.33 bits per heavy atom. The van der Waals surface area contributed by atoms with Gasteiger partial charge in [0.25, 0.3) is 0 Å². The minimum absolute atomic E-state index is 0.109. The fraction of sp³-hybridized carbons (Fsp3) is 0.400. The fourth-order valence-corrected chi connectivity index (χ4v) is 1.88. The van der Waals surface area contributed by atoms with Crippen molar-refractivity contribution in [3.05, 3.63) is 29.3 Å². The molecule has 0 fully saturated rings. The maximum absolute atomic E-state index is 12.1. The van der Waals surface area contributed by atoms with Crippen molar-refractivity contribution in [2.24, 2.45) is 0 Å². The Morgan fingerprint density at radius 2 is 2.00 bits per heavy atom. The molecule has 0 unspecified atom stereocenters. The van der Waals surface area contributed by atoms with Gasteiger partial charge in [-0.05, 0) is 23.6 Å². The molecule has 1 nitrogen and oxygen atoms in total. The van der Waals surface area contributed by atoms with E-state index in [0.717, 1.165) is 5.56 Å². The number of hydrogen-bond acceptors (Lipinski definition) is 1. The summed E-state index contributed by atoms with van der Waals surface area (Å²) >= 11 is 3.23. The SMILES string of the molecule is CCc1c(CBr)cccc1OC(F)(F)F. The van der Waals surface area contributed by atoms with Gasteiger partial charge in [-0.15, -0.1) is 13.2 Å². The van der Waals surface area contributed by atoms with E-state index in [1.807, 2.05) is 0 Å². The topological polar surface area (TPSA) is 9.23 Å². The molecule has 0 radical (unpaired) electrons. The Hall–Kier alpha value is -0.710. The molecule has 0 aliphatic carbocycles. The van der Waals surface area contributed by atoms with Crippen LogP contribution in [-0.2, 0) is 11.8 Å². The van der Waals surface area contributed by atoms with Crippen LogP contribution in [0.4, 0.5) is 13.2 Å². The van der Waals surface area contributed by atoms with Gasteiger partial charge in [-0.25, -0.2) is 0 Å². The van der Waals surface area contributed by atoms with Crippen molar-refractivity contribution in [2.45, 2.75) is 25.0 Å². The number of alkyl halides is 4. The van der Waals surface area contributed by atoms with Crippen LogP contribution in [0.15, 0.2) is 18.2 Å². The minimum Gasteiger partial charge on any atom is -0.405 e. The van der Waals surface area contributed by atoms with Crippen LogP contribution >= 0.6 is 15.9 Å². The number of rotatable bonds is 3. The fourth-order valence-electron chi connectivity index (χ4n) is 1.36. The van der Waals surface area contributed by atoms with E-state index in [-0.39, 0.29) is 5.75 Å². The molecule has 1 aromatic carbocycles. The largest absolute Gasteiger partial charge is 0.573 e. The van der Waals surface area contributed by atoms with Crippen molar-refractivity contribution >= 4 is 15.9 Å². The van der Waals surface area contributed by atoms with E-state index < -0.39 is 6.36 Å². The van der Waals surface area contributed by atoms with Crippen LogP contribution in [-0.4, -0.2) is 6.36 Å². The third-order valence-corrected chi connectivity index (χ3v) is 2.56. The first-order chi connectivity index (χ1) is 6.98. The van der Waals surface area contributed by atoms with Crippen LogP contribution in [0.3, 0.4) is 0 Å². The lowest BCUT2D eigenvalue weighted by molar-refractivity contribution is -0.274. The van der Waals surface area contributed by atoms with E-state index in [4.69, 9.17) is 0 Å². The summed E-state index contributed by atoms with van der Waals surface area (Å²) in [6.07, 6.45) is -4.12. The number of halogens is 4. The molecular formula is C10H10BrF3O.